The summed E-state index contributed by atoms with van der Waals surface area (Å²) in [6, 6.07) is -0.729. The van der Waals surface area contributed by atoms with Gasteiger partial charge in [0, 0.05) is 19.6 Å². The zero-order chi connectivity index (χ0) is 19.9. The summed E-state index contributed by atoms with van der Waals surface area (Å²) >= 11 is 0. The second kappa shape index (κ2) is 6.98. The van der Waals surface area contributed by atoms with Crippen LogP contribution in [0.15, 0.2) is 4.42 Å². The van der Waals surface area contributed by atoms with Crippen molar-refractivity contribution in [2.75, 3.05) is 18.0 Å². The Bertz CT molecular complexity index is 642. The normalized spacial score (nSPS) is 21.9. The number of ether oxygens (including phenoxy) is 1. The van der Waals surface area contributed by atoms with Gasteiger partial charge in [0.2, 0.25) is 5.76 Å². The van der Waals surface area contributed by atoms with Gasteiger partial charge >= 0.3 is 12.3 Å². The van der Waals surface area contributed by atoms with E-state index < -0.39 is 23.6 Å². The number of amides is 1. The smallest absolute Gasteiger partial charge is 0.444 e. The van der Waals surface area contributed by atoms with Gasteiger partial charge in [0.1, 0.15) is 11.3 Å². The molecule has 2 unspecified atom stereocenters. The summed E-state index contributed by atoms with van der Waals surface area (Å²) in [7, 11) is 0. The quantitative estimate of drug-likeness (QED) is 0.852. The molecular weight excluding hydrogens is 353 g/mol. The number of alkyl halides is 3. The summed E-state index contributed by atoms with van der Waals surface area (Å²) in [6.07, 6.45) is -5.11. The van der Waals surface area contributed by atoms with E-state index in [0.717, 1.165) is 0 Å². The first-order valence-electron chi connectivity index (χ1n) is 8.36. The van der Waals surface area contributed by atoms with Gasteiger partial charge < -0.3 is 19.8 Å². The first kappa shape index (κ1) is 20.3. The van der Waals surface area contributed by atoms with Crippen LogP contribution >= 0.6 is 0 Å². The van der Waals surface area contributed by atoms with Gasteiger partial charge in [-0.3, -0.25) is 4.90 Å². The van der Waals surface area contributed by atoms with Crippen molar-refractivity contribution in [1.29, 1.82) is 0 Å². The highest BCUT2D eigenvalue weighted by Gasteiger charge is 2.41. The van der Waals surface area contributed by atoms with Crippen LogP contribution in [0, 0.1) is 0 Å². The van der Waals surface area contributed by atoms with Crippen LogP contribution in [0.3, 0.4) is 0 Å². The van der Waals surface area contributed by atoms with Crippen LogP contribution in [-0.4, -0.2) is 46.8 Å². The highest BCUT2D eigenvalue weighted by Crippen LogP contribution is 2.35. The van der Waals surface area contributed by atoms with Crippen molar-refractivity contribution in [3.05, 3.63) is 11.5 Å². The summed E-state index contributed by atoms with van der Waals surface area (Å²) in [5.74, 6) is -1.18. The van der Waals surface area contributed by atoms with Crippen molar-refractivity contribution in [1.82, 2.24) is 9.88 Å². The molecule has 1 aromatic rings. The third-order valence-corrected chi connectivity index (χ3v) is 3.93. The molecule has 1 aromatic heterocycles. The van der Waals surface area contributed by atoms with Crippen LogP contribution in [-0.2, 0) is 17.5 Å². The van der Waals surface area contributed by atoms with E-state index in [4.69, 9.17) is 14.9 Å². The summed E-state index contributed by atoms with van der Waals surface area (Å²) in [5.41, 5.74) is 4.39. The van der Waals surface area contributed by atoms with E-state index in [2.05, 4.69) is 4.98 Å². The Labute approximate surface area is 150 Å². The van der Waals surface area contributed by atoms with Crippen molar-refractivity contribution in [2.45, 2.75) is 65.0 Å². The molecule has 0 bridgehead atoms. The number of rotatable bonds is 2. The Kier molecular flexibility index (Phi) is 5.46. The maximum absolute atomic E-state index is 13.0. The number of hydrogen-bond donors (Lipinski definition) is 1. The first-order chi connectivity index (χ1) is 11.8. The molecule has 26 heavy (non-hydrogen) atoms. The van der Waals surface area contributed by atoms with Gasteiger partial charge in [-0.2, -0.15) is 18.2 Å². The number of aromatic nitrogens is 1. The Morgan fingerprint density at radius 2 is 1.81 bits per heavy atom. The maximum atomic E-state index is 13.0. The van der Waals surface area contributed by atoms with Crippen LogP contribution in [0.2, 0.25) is 0 Å². The highest BCUT2D eigenvalue weighted by atomic mass is 19.4. The molecule has 0 saturated carbocycles. The Balaban J connectivity index is 2.19. The lowest BCUT2D eigenvalue weighted by Crippen LogP contribution is -2.59. The highest BCUT2D eigenvalue weighted by molar-refractivity contribution is 5.69. The third-order valence-electron chi connectivity index (χ3n) is 3.93. The van der Waals surface area contributed by atoms with E-state index in [-0.39, 0.29) is 43.4 Å². The number of oxazole rings is 1. The molecule has 0 aliphatic carbocycles. The average Bonchev–Trinajstić information content (AvgIpc) is 2.88. The molecule has 2 N–H and O–H groups in total. The lowest BCUT2D eigenvalue weighted by atomic mass is 10.1. The van der Waals surface area contributed by atoms with E-state index in [1.807, 2.05) is 0 Å². The predicted octanol–water partition coefficient (Wildman–Crippen LogP) is 2.99. The number of nitrogens with zero attached hydrogens (tertiary/aromatic N) is 3. The fraction of sp³-hybridized carbons (Fsp3) is 0.750. The maximum Gasteiger partial charge on any atom is 0.451 e. The monoisotopic (exact) mass is 378 g/mol. The summed E-state index contributed by atoms with van der Waals surface area (Å²) in [5, 5.41) is 0. The zero-order valence-corrected chi connectivity index (χ0v) is 15.6. The molecule has 2 rings (SSSR count). The van der Waals surface area contributed by atoms with Gasteiger partial charge in [0.15, 0.2) is 0 Å². The fourth-order valence-electron chi connectivity index (χ4n) is 2.99. The lowest BCUT2D eigenvalue weighted by Gasteiger charge is -2.43. The number of hydrogen-bond acceptors (Lipinski definition) is 6. The van der Waals surface area contributed by atoms with Gasteiger partial charge in [-0.15, -0.1) is 0 Å². The predicted molar refractivity (Wildman–Crippen MR) is 88.6 cm³/mol. The van der Waals surface area contributed by atoms with Gasteiger partial charge in [-0.25, -0.2) is 4.79 Å². The number of nitrogens with two attached hydrogens (primary N) is 1. The average molecular weight is 378 g/mol. The molecule has 2 heterocycles. The van der Waals surface area contributed by atoms with Crippen LogP contribution < -0.4 is 10.6 Å². The van der Waals surface area contributed by atoms with Gasteiger partial charge in [-0.1, -0.05) is 0 Å². The molecule has 1 aliphatic rings. The number of carbonyl (C=O) groups excluding carboxylic acids is 1. The molecule has 0 spiro atoms. The zero-order valence-electron chi connectivity index (χ0n) is 15.6. The van der Waals surface area contributed by atoms with E-state index in [0.29, 0.717) is 0 Å². The van der Waals surface area contributed by atoms with E-state index in [9.17, 15) is 18.0 Å². The van der Waals surface area contributed by atoms with Crippen molar-refractivity contribution < 1.29 is 27.1 Å². The van der Waals surface area contributed by atoms with Crippen molar-refractivity contribution >= 4 is 12.1 Å². The molecule has 1 fully saturated rings. The molecule has 2 atom stereocenters. The molecule has 1 aliphatic heterocycles. The molecule has 10 heteroatoms. The fourth-order valence-corrected chi connectivity index (χ4v) is 2.99. The number of anilines is 1. The standard InChI is InChI=1S/C16H25F3N4O3/c1-9-7-22(8-10(2)23(9)14(24)26-15(3,4)5)13-21-11(6-20)12(25-13)16(17,18)19/h9-10H,6-8,20H2,1-5H3. The molecule has 1 saturated heterocycles. The van der Waals surface area contributed by atoms with Crippen molar-refractivity contribution in [2.24, 2.45) is 5.73 Å². The summed E-state index contributed by atoms with van der Waals surface area (Å²) in [6.45, 7) is 9.08. The van der Waals surface area contributed by atoms with Gasteiger partial charge in [-0.05, 0) is 34.6 Å². The van der Waals surface area contributed by atoms with Crippen LogP contribution in [0.5, 0.6) is 0 Å². The van der Waals surface area contributed by atoms with Crippen LogP contribution in [0.25, 0.3) is 0 Å². The molecule has 148 valence electrons. The minimum atomic E-state index is -4.66. The van der Waals surface area contributed by atoms with Crippen molar-refractivity contribution in [3.63, 3.8) is 0 Å². The van der Waals surface area contributed by atoms with Crippen LogP contribution in [0.4, 0.5) is 24.0 Å². The second-order valence-corrected chi connectivity index (χ2v) is 7.46. The largest absolute Gasteiger partial charge is 0.451 e. The topological polar surface area (TPSA) is 84.8 Å². The van der Waals surface area contributed by atoms with Gasteiger partial charge in [0.25, 0.3) is 6.01 Å². The first-order valence-corrected chi connectivity index (χ1v) is 8.36. The Morgan fingerprint density at radius 3 is 2.19 bits per heavy atom. The molecule has 0 aromatic carbocycles. The Morgan fingerprint density at radius 1 is 1.27 bits per heavy atom. The number of halogens is 3. The SMILES string of the molecule is CC1CN(c2nc(CN)c(C(F)(F)F)o2)CC(C)N1C(=O)OC(C)(C)C. The van der Waals surface area contributed by atoms with E-state index >= 15 is 0 Å². The van der Waals surface area contributed by atoms with Gasteiger partial charge in [0.05, 0.1) is 12.1 Å². The lowest BCUT2D eigenvalue weighted by molar-refractivity contribution is -0.153. The molecule has 0 radical (unpaired) electrons. The third kappa shape index (κ3) is 4.40. The van der Waals surface area contributed by atoms with Crippen molar-refractivity contribution in [3.8, 4) is 0 Å². The number of carbonyl (C=O) groups is 1. The van der Waals surface area contributed by atoms with E-state index in [1.165, 1.54) is 0 Å². The Hall–Kier alpha value is -1.97. The van der Waals surface area contributed by atoms with E-state index in [1.54, 1.807) is 44.4 Å². The number of piperazine rings is 1. The minimum Gasteiger partial charge on any atom is -0.444 e. The molecule has 1 amide bonds. The summed E-state index contributed by atoms with van der Waals surface area (Å²) < 4.78 is 49.4. The summed E-state index contributed by atoms with van der Waals surface area (Å²) in [4.78, 5) is 19.5. The molecular formula is C16H25F3N4O3. The minimum absolute atomic E-state index is 0.139. The second-order valence-electron chi connectivity index (χ2n) is 7.46. The molecule has 7 nitrogen and oxygen atoms in total. The van der Waals surface area contributed by atoms with Crippen LogP contribution in [0.1, 0.15) is 46.1 Å².